The Bertz CT molecular complexity index is 722. The molecular formula is C11H13F5N4O3S. The predicted octanol–water partition coefficient (Wildman–Crippen LogP) is 0.777. The summed E-state index contributed by atoms with van der Waals surface area (Å²) in [5.74, 6) is -7.87. The second-order valence-corrected chi connectivity index (χ2v) is 7.45. The number of nitrogens with zero attached hydrogens (tertiary/aromatic N) is 4. The summed E-state index contributed by atoms with van der Waals surface area (Å²) in [6.45, 7) is -1.04. The molecule has 1 saturated heterocycles. The number of amides is 1. The number of halogens is 5. The first-order chi connectivity index (χ1) is 10.9. The maximum Gasteiger partial charge on any atom is 0.463 e. The van der Waals surface area contributed by atoms with Crippen molar-refractivity contribution < 1.29 is 35.2 Å². The zero-order valence-corrected chi connectivity index (χ0v) is 13.1. The van der Waals surface area contributed by atoms with E-state index in [0.717, 1.165) is 10.9 Å². The number of likely N-dealkylation sites (tertiary alicyclic amines) is 1. The monoisotopic (exact) mass is 376 g/mol. The third kappa shape index (κ3) is 3.08. The van der Waals surface area contributed by atoms with Gasteiger partial charge >= 0.3 is 18.0 Å². The lowest BCUT2D eigenvalue weighted by atomic mass is 10.1. The predicted molar refractivity (Wildman–Crippen MR) is 68.8 cm³/mol. The molecular weight excluding hydrogens is 363 g/mol. The van der Waals surface area contributed by atoms with Gasteiger partial charge in [-0.2, -0.15) is 22.0 Å². The third-order valence-corrected chi connectivity index (χ3v) is 5.94. The third-order valence-electron chi connectivity index (χ3n) is 3.72. The molecule has 1 aliphatic heterocycles. The van der Waals surface area contributed by atoms with Gasteiger partial charge in [0.05, 0.1) is 5.25 Å². The molecule has 7 nitrogen and oxygen atoms in total. The highest BCUT2D eigenvalue weighted by Crippen LogP contribution is 2.37. The van der Waals surface area contributed by atoms with E-state index in [4.69, 9.17) is 0 Å². The Morgan fingerprint density at radius 2 is 1.75 bits per heavy atom. The zero-order valence-electron chi connectivity index (χ0n) is 12.3. The van der Waals surface area contributed by atoms with Crippen LogP contribution in [0.15, 0.2) is 11.5 Å². The molecule has 2 rings (SSSR count). The van der Waals surface area contributed by atoms with E-state index in [1.54, 1.807) is 0 Å². The topological polar surface area (TPSA) is 85.2 Å². The molecule has 0 aliphatic carbocycles. The minimum atomic E-state index is -5.99. The molecule has 0 aromatic carbocycles. The van der Waals surface area contributed by atoms with E-state index in [2.05, 4.69) is 10.2 Å². The van der Waals surface area contributed by atoms with E-state index in [1.165, 1.54) is 7.05 Å². The molecule has 24 heavy (non-hydrogen) atoms. The molecule has 1 aromatic heterocycles. The van der Waals surface area contributed by atoms with Gasteiger partial charge in [0.1, 0.15) is 6.33 Å². The lowest BCUT2D eigenvalue weighted by molar-refractivity contribution is -0.274. The summed E-state index contributed by atoms with van der Waals surface area (Å²) in [5, 5.41) is 5.53. The molecule has 1 fully saturated rings. The van der Waals surface area contributed by atoms with Gasteiger partial charge in [0.2, 0.25) is 15.0 Å². The summed E-state index contributed by atoms with van der Waals surface area (Å²) in [6, 6.07) is 0. The highest BCUT2D eigenvalue weighted by atomic mass is 32.2. The maximum absolute atomic E-state index is 13.1. The van der Waals surface area contributed by atoms with Gasteiger partial charge in [0, 0.05) is 20.1 Å². The molecule has 1 amide bonds. The van der Waals surface area contributed by atoms with E-state index in [-0.39, 0.29) is 18.0 Å². The first-order valence-corrected chi connectivity index (χ1v) is 8.25. The van der Waals surface area contributed by atoms with Crippen molar-refractivity contribution in [2.24, 2.45) is 7.05 Å². The Morgan fingerprint density at radius 3 is 2.17 bits per heavy atom. The quantitative estimate of drug-likeness (QED) is 0.728. The number of carbonyl (C=O) groups excluding carboxylic acids is 1. The van der Waals surface area contributed by atoms with Gasteiger partial charge in [0.15, 0.2) is 0 Å². The highest BCUT2D eigenvalue weighted by Gasteiger charge is 2.64. The van der Waals surface area contributed by atoms with Crippen LogP contribution in [0.1, 0.15) is 12.8 Å². The molecule has 0 unspecified atom stereocenters. The summed E-state index contributed by atoms with van der Waals surface area (Å²) in [5.41, 5.74) is 0. The average Bonchev–Trinajstić information content (AvgIpc) is 2.92. The van der Waals surface area contributed by atoms with Crippen LogP contribution in [-0.2, 0) is 21.7 Å². The van der Waals surface area contributed by atoms with Gasteiger partial charge < -0.3 is 9.47 Å². The van der Waals surface area contributed by atoms with E-state index in [9.17, 15) is 35.2 Å². The van der Waals surface area contributed by atoms with Crippen LogP contribution in [-0.4, -0.2) is 64.4 Å². The SMILES string of the molecule is Cn1cnnc1S(=O)(=O)C1CCN(C(=O)C(F)(F)C(F)(F)F)CC1. The molecule has 13 heteroatoms. The molecule has 136 valence electrons. The first-order valence-electron chi connectivity index (χ1n) is 6.71. The summed E-state index contributed by atoms with van der Waals surface area (Å²) in [4.78, 5) is 11.7. The number of alkyl halides is 5. The zero-order chi connectivity index (χ0) is 18.3. The highest BCUT2D eigenvalue weighted by molar-refractivity contribution is 7.91. The number of hydrogen-bond acceptors (Lipinski definition) is 5. The second kappa shape index (κ2) is 5.93. The van der Waals surface area contributed by atoms with E-state index < -0.39 is 46.2 Å². The molecule has 0 radical (unpaired) electrons. The lowest BCUT2D eigenvalue weighted by Gasteiger charge is -2.33. The van der Waals surface area contributed by atoms with Gasteiger partial charge in [-0.25, -0.2) is 8.42 Å². The van der Waals surface area contributed by atoms with E-state index in [1.807, 2.05) is 0 Å². The van der Waals surface area contributed by atoms with Crippen molar-refractivity contribution in [1.82, 2.24) is 19.7 Å². The van der Waals surface area contributed by atoms with Crippen LogP contribution in [0, 0.1) is 0 Å². The van der Waals surface area contributed by atoms with Crippen molar-refractivity contribution in [3.8, 4) is 0 Å². The number of hydrogen-bond donors (Lipinski definition) is 0. The number of rotatable bonds is 3. The van der Waals surface area contributed by atoms with Crippen LogP contribution in [0.3, 0.4) is 0 Å². The molecule has 1 aliphatic rings. The standard InChI is InChI=1S/C11H13F5N4O3S/c1-19-6-17-18-9(19)24(22,23)7-2-4-20(5-3-7)8(21)10(12,13)11(14,15)16/h6-7H,2-5H2,1H3. The number of sulfone groups is 1. The largest absolute Gasteiger partial charge is 0.463 e. The van der Waals surface area contributed by atoms with Crippen molar-refractivity contribution in [3.63, 3.8) is 0 Å². The molecule has 0 N–H and O–H groups in total. The molecule has 0 bridgehead atoms. The molecule has 0 atom stereocenters. The van der Waals surface area contributed by atoms with Gasteiger partial charge in [0.25, 0.3) is 0 Å². The number of aromatic nitrogens is 3. The van der Waals surface area contributed by atoms with Crippen LogP contribution in [0.4, 0.5) is 22.0 Å². The minimum absolute atomic E-state index is 0.269. The molecule has 0 spiro atoms. The van der Waals surface area contributed by atoms with Gasteiger partial charge in [-0.1, -0.05) is 0 Å². The second-order valence-electron chi connectivity index (χ2n) is 5.33. The Balaban J connectivity index is 2.09. The van der Waals surface area contributed by atoms with Crippen molar-refractivity contribution >= 4 is 15.7 Å². The smallest absolute Gasteiger partial charge is 0.337 e. The van der Waals surface area contributed by atoms with Crippen molar-refractivity contribution in [2.45, 2.75) is 35.3 Å². The number of piperidine rings is 1. The summed E-state index contributed by atoms with van der Waals surface area (Å²) in [7, 11) is -2.52. The minimum Gasteiger partial charge on any atom is -0.337 e. The van der Waals surface area contributed by atoms with Crippen molar-refractivity contribution in [3.05, 3.63) is 6.33 Å². The fraction of sp³-hybridized carbons (Fsp3) is 0.727. The fourth-order valence-electron chi connectivity index (χ4n) is 2.37. The lowest BCUT2D eigenvalue weighted by Crippen LogP contribution is -2.54. The number of carbonyl (C=O) groups is 1. The van der Waals surface area contributed by atoms with Crippen LogP contribution in [0.5, 0.6) is 0 Å². The van der Waals surface area contributed by atoms with Gasteiger partial charge in [-0.3, -0.25) is 4.79 Å². The number of aryl methyl sites for hydroxylation is 1. The van der Waals surface area contributed by atoms with E-state index >= 15 is 0 Å². The molecule has 0 saturated carbocycles. The van der Waals surface area contributed by atoms with Gasteiger partial charge in [-0.15, -0.1) is 10.2 Å². The Morgan fingerprint density at radius 1 is 1.21 bits per heavy atom. The van der Waals surface area contributed by atoms with Crippen molar-refractivity contribution in [2.75, 3.05) is 13.1 Å². The molecule has 2 heterocycles. The average molecular weight is 376 g/mol. The fourth-order valence-corrected chi connectivity index (χ4v) is 4.11. The first kappa shape index (κ1) is 18.5. The summed E-state index contributed by atoms with van der Waals surface area (Å²) >= 11 is 0. The van der Waals surface area contributed by atoms with Crippen LogP contribution >= 0.6 is 0 Å². The Kier molecular flexibility index (Phi) is 4.59. The van der Waals surface area contributed by atoms with Gasteiger partial charge in [-0.05, 0) is 12.8 Å². The maximum atomic E-state index is 13.1. The summed E-state index contributed by atoms with van der Waals surface area (Å²) < 4.78 is 88.6. The normalized spacial score (nSPS) is 18.0. The molecule has 1 aromatic rings. The Hall–Kier alpha value is -1.79. The van der Waals surface area contributed by atoms with Crippen LogP contribution in [0.25, 0.3) is 0 Å². The Labute approximate surface area is 133 Å². The van der Waals surface area contributed by atoms with Crippen LogP contribution in [0.2, 0.25) is 0 Å². The van der Waals surface area contributed by atoms with Crippen LogP contribution < -0.4 is 0 Å². The van der Waals surface area contributed by atoms with Crippen molar-refractivity contribution in [1.29, 1.82) is 0 Å². The van der Waals surface area contributed by atoms with E-state index in [0.29, 0.717) is 4.90 Å². The summed E-state index contributed by atoms with van der Waals surface area (Å²) in [6.07, 6.45) is -5.37.